The van der Waals surface area contributed by atoms with Gasteiger partial charge in [0.05, 0.1) is 31.8 Å². The van der Waals surface area contributed by atoms with Gasteiger partial charge in [0.15, 0.2) is 6.04 Å². The fourth-order valence-corrected chi connectivity index (χ4v) is 3.70. The summed E-state index contributed by atoms with van der Waals surface area (Å²) >= 11 is 0. The summed E-state index contributed by atoms with van der Waals surface area (Å²) in [6.07, 6.45) is 1.56. The van der Waals surface area contributed by atoms with Crippen molar-refractivity contribution in [2.24, 2.45) is 11.7 Å². The van der Waals surface area contributed by atoms with E-state index < -0.39 is 0 Å². The first-order valence-electron chi connectivity index (χ1n) is 8.74. The quantitative estimate of drug-likeness (QED) is 0.703. The standard InChI is InChI=1S/C18H23N3O4/c1-2-25-14-5-3-13(4-6-14)21-16(22)11-15(18(21)24)20-9-7-12(8-10-20)17(19)23/h3-6,12,15H,2,7-11H2,1H3,(H2,19,23)/p+1. The molecular formula is C18H24N3O4+. The third-order valence-electron chi connectivity index (χ3n) is 5.08. The molecule has 0 radical (unpaired) electrons. The van der Waals surface area contributed by atoms with Gasteiger partial charge in [0.25, 0.3) is 5.91 Å². The van der Waals surface area contributed by atoms with Crippen molar-refractivity contribution in [3.8, 4) is 5.75 Å². The van der Waals surface area contributed by atoms with E-state index in [1.54, 1.807) is 24.3 Å². The summed E-state index contributed by atoms with van der Waals surface area (Å²) in [4.78, 5) is 38.8. The van der Waals surface area contributed by atoms with Gasteiger partial charge in [-0.1, -0.05) is 0 Å². The van der Waals surface area contributed by atoms with E-state index in [1.165, 1.54) is 4.90 Å². The zero-order chi connectivity index (χ0) is 18.0. The number of benzene rings is 1. The van der Waals surface area contributed by atoms with Crippen LogP contribution in [0.2, 0.25) is 0 Å². The number of primary amides is 1. The predicted octanol–water partition coefficient (Wildman–Crippen LogP) is -0.503. The zero-order valence-electron chi connectivity index (χ0n) is 14.4. The molecule has 1 aromatic rings. The first-order chi connectivity index (χ1) is 12.0. The Bertz CT molecular complexity index is 665. The maximum absolute atomic E-state index is 12.8. The highest BCUT2D eigenvalue weighted by Gasteiger charge is 2.46. The number of quaternary nitrogens is 1. The minimum atomic E-state index is -0.368. The highest BCUT2D eigenvalue weighted by atomic mass is 16.5. The van der Waals surface area contributed by atoms with Crippen molar-refractivity contribution in [2.45, 2.75) is 32.2 Å². The lowest BCUT2D eigenvalue weighted by Crippen LogP contribution is -3.17. The summed E-state index contributed by atoms with van der Waals surface area (Å²) in [7, 11) is 0. The minimum absolute atomic E-state index is 0.113. The topological polar surface area (TPSA) is 94.1 Å². The Labute approximate surface area is 146 Å². The van der Waals surface area contributed by atoms with Crippen LogP contribution in [-0.2, 0) is 14.4 Å². The lowest BCUT2D eigenvalue weighted by molar-refractivity contribution is -0.920. The second-order valence-corrected chi connectivity index (χ2v) is 6.59. The third-order valence-corrected chi connectivity index (χ3v) is 5.08. The smallest absolute Gasteiger partial charge is 0.292 e. The molecule has 134 valence electrons. The van der Waals surface area contributed by atoms with Crippen LogP contribution < -0.4 is 20.3 Å². The number of piperidine rings is 1. The molecule has 0 spiro atoms. The van der Waals surface area contributed by atoms with Crippen LogP contribution in [0.15, 0.2) is 24.3 Å². The zero-order valence-corrected chi connectivity index (χ0v) is 14.4. The van der Waals surface area contributed by atoms with E-state index in [9.17, 15) is 14.4 Å². The molecule has 3 rings (SSSR count). The van der Waals surface area contributed by atoms with Gasteiger partial charge in [0.2, 0.25) is 11.8 Å². The van der Waals surface area contributed by atoms with E-state index in [1.807, 2.05) is 6.92 Å². The molecule has 1 aromatic carbocycles. The number of carbonyl (C=O) groups is 3. The maximum Gasteiger partial charge on any atom is 0.292 e. The molecule has 7 nitrogen and oxygen atoms in total. The molecule has 2 aliphatic heterocycles. The molecule has 25 heavy (non-hydrogen) atoms. The van der Waals surface area contributed by atoms with Crippen molar-refractivity contribution < 1.29 is 24.0 Å². The number of nitrogens with two attached hydrogens (primary N) is 1. The van der Waals surface area contributed by atoms with Crippen LogP contribution >= 0.6 is 0 Å². The van der Waals surface area contributed by atoms with Gasteiger partial charge < -0.3 is 15.4 Å². The molecule has 1 atom stereocenters. The number of carbonyl (C=O) groups excluding carboxylic acids is 3. The van der Waals surface area contributed by atoms with Crippen molar-refractivity contribution in [2.75, 3.05) is 24.6 Å². The number of hydrogen-bond donors (Lipinski definition) is 2. The van der Waals surface area contributed by atoms with Crippen LogP contribution in [0.4, 0.5) is 5.69 Å². The van der Waals surface area contributed by atoms with E-state index in [0.717, 1.165) is 4.90 Å². The Morgan fingerprint density at radius 1 is 1.24 bits per heavy atom. The number of rotatable bonds is 5. The Morgan fingerprint density at radius 3 is 2.44 bits per heavy atom. The number of likely N-dealkylation sites (tertiary alicyclic amines) is 1. The van der Waals surface area contributed by atoms with Gasteiger partial charge in [-0.3, -0.25) is 14.4 Å². The molecule has 0 aromatic heterocycles. The predicted molar refractivity (Wildman–Crippen MR) is 91.1 cm³/mol. The Kier molecular flexibility index (Phi) is 5.03. The van der Waals surface area contributed by atoms with Gasteiger partial charge in [-0.25, -0.2) is 4.90 Å². The average Bonchev–Trinajstić information content (AvgIpc) is 2.91. The van der Waals surface area contributed by atoms with E-state index in [0.29, 0.717) is 44.0 Å². The SMILES string of the molecule is CCOc1ccc(N2C(=O)CC([NH+]3CCC(C(N)=O)CC3)C2=O)cc1. The maximum atomic E-state index is 12.8. The van der Waals surface area contributed by atoms with Crippen molar-refractivity contribution in [1.82, 2.24) is 0 Å². The first kappa shape index (κ1) is 17.4. The lowest BCUT2D eigenvalue weighted by Gasteiger charge is -2.30. The van der Waals surface area contributed by atoms with Gasteiger partial charge in [0.1, 0.15) is 5.75 Å². The molecule has 3 amide bonds. The Morgan fingerprint density at radius 2 is 1.88 bits per heavy atom. The number of anilines is 1. The van der Waals surface area contributed by atoms with Crippen molar-refractivity contribution in [3.05, 3.63) is 24.3 Å². The van der Waals surface area contributed by atoms with E-state index in [2.05, 4.69) is 0 Å². The van der Waals surface area contributed by atoms with E-state index in [4.69, 9.17) is 10.5 Å². The van der Waals surface area contributed by atoms with Crippen LogP contribution in [0.1, 0.15) is 26.2 Å². The lowest BCUT2D eigenvalue weighted by atomic mass is 9.95. The first-order valence-corrected chi connectivity index (χ1v) is 8.74. The molecular weight excluding hydrogens is 322 g/mol. The monoisotopic (exact) mass is 346 g/mol. The number of ether oxygens (including phenoxy) is 1. The van der Waals surface area contributed by atoms with Gasteiger partial charge in [0, 0.05) is 18.8 Å². The molecule has 2 heterocycles. The summed E-state index contributed by atoms with van der Waals surface area (Å²) in [6, 6.07) is 6.62. The molecule has 1 unspecified atom stereocenters. The van der Waals surface area contributed by atoms with Gasteiger partial charge >= 0.3 is 0 Å². The fourth-order valence-electron chi connectivity index (χ4n) is 3.70. The number of amides is 3. The number of nitrogens with zero attached hydrogens (tertiary/aromatic N) is 1. The van der Waals surface area contributed by atoms with Crippen LogP contribution in [-0.4, -0.2) is 43.5 Å². The fraction of sp³-hybridized carbons (Fsp3) is 0.500. The molecule has 0 bridgehead atoms. The largest absolute Gasteiger partial charge is 0.494 e. The second kappa shape index (κ2) is 7.23. The summed E-state index contributed by atoms with van der Waals surface area (Å²) in [5, 5.41) is 0. The molecule has 2 saturated heterocycles. The van der Waals surface area contributed by atoms with Crippen molar-refractivity contribution >= 4 is 23.4 Å². The second-order valence-electron chi connectivity index (χ2n) is 6.59. The number of imide groups is 1. The van der Waals surface area contributed by atoms with Crippen LogP contribution in [0.3, 0.4) is 0 Å². The molecule has 3 N–H and O–H groups in total. The molecule has 0 aliphatic carbocycles. The molecule has 2 fully saturated rings. The van der Waals surface area contributed by atoms with E-state index in [-0.39, 0.29) is 36.1 Å². The van der Waals surface area contributed by atoms with Gasteiger partial charge in [-0.2, -0.15) is 0 Å². The molecule has 7 heteroatoms. The van der Waals surface area contributed by atoms with E-state index >= 15 is 0 Å². The van der Waals surface area contributed by atoms with Gasteiger partial charge in [-0.05, 0) is 31.2 Å². The highest BCUT2D eigenvalue weighted by molar-refractivity contribution is 6.21. The van der Waals surface area contributed by atoms with Crippen LogP contribution in [0.25, 0.3) is 0 Å². The minimum Gasteiger partial charge on any atom is -0.494 e. The summed E-state index contributed by atoms with van der Waals surface area (Å²) in [5.41, 5.74) is 5.94. The third kappa shape index (κ3) is 3.51. The van der Waals surface area contributed by atoms with Crippen LogP contribution in [0.5, 0.6) is 5.75 Å². The van der Waals surface area contributed by atoms with Gasteiger partial charge in [-0.15, -0.1) is 0 Å². The summed E-state index contributed by atoms with van der Waals surface area (Å²) in [6.45, 7) is 3.84. The highest BCUT2D eigenvalue weighted by Crippen LogP contribution is 2.25. The Hall–Kier alpha value is -2.41. The normalized spacial score (nSPS) is 26.8. The summed E-state index contributed by atoms with van der Waals surface area (Å²) in [5.74, 6) is -0.0199. The Balaban J connectivity index is 1.69. The molecule has 0 saturated carbocycles. The number of hydrogen-bond acceptors (Lipinski definition) is 4. The van der Waals surface area contributed by atoms with Crippen LogP contribution in [0, 0.1) is 5.92 Å². The van der Waals surface area contributed by atoms with Crippen molar-refractivity contribution in [1.29, 1.82) is 0 Å². The summed E-state index contributed by atoms with van der Waals surface area (Å²) < 4.78 is 5.39. The number of nitrogens with one attached hydrogen (secondary N) is 1. The molecule has 2 aliphatic rings. The average molecular weight is 346 g/mol. The van der Waals surface area contributed by atoms with Crippen molar-refractivity contribution in [3.63, 3.8) is 0 Å².